The lowest BCUT2D eigenvalue weighted by Crippen LogP contribution is -2.46. The highest BCUT2D eigenvalue weighted by atomic mass is 16.3. The standard InChI is InChI=1S/C19H22O3/c1-13(11-14(2)20)9-10-19(22)16-8-6-5-7-15(16)17(21)12-18(19,3)4/h5-11,22H,12H2,1-4H3/b10-9+,13-11?. The van der Waals surface area contributed by atoms with Gasteiger partial charge >= 0.3 is 0 Å². The van der Waals surface area contributed by atoms with Crippen molar-refractivity contribution in [1.82, 2.24) is 0 Å². The van der Waals surface area contributed by atoms with Gasteiger partial charge in [-0.3, -0.25) is 9.59 Å². The molecular weight excluding hydrogens is 276 g/mol. The average molecular weight is 298 g/mol. The zero-order chi connectivity index (χ0) is 16.5. The molecule has 0 heterocycles. The quantitative estimate of drug-likeness (QED) is 0.685. The molecule has 0 fully saturated rings. The Labute approximate surface area is 131 Å². The van der Waals surface area contributed by atoms with Crippen LogP contribution in [0.4, 0.5) is 0 Å². The van der Waals surface area contributed by atoms with E-state index < -0.39 is 11.0 Å². The van der Waals surface area contributed by atoms with Gasteiger partial charge in [-0.15, -0.1) is 0 Å². The van der Waals surface area contributed by atoms with E-state index in [0.717, 1.165) is 5.57 Å². The molecule has 1 N–H and O–H groups in total. The lowest BCUT2D eigenvalue weighted by molar-refractivity contribution is -0.112. The number of carbonyl (C=O) groups is 2. The monoisotopic (exact) mass is 298 g/mol. The maximum Gasteiger partial charge on any atom is 0.163 e. The van der Waals surface area contributed by atoms with Gasteiger partial charge in [0.05, 0.1) is 0 Å². The van der Waals surface area contributed by atoms with Gasteiger partial charge in [-0.2, -0.15) is 0 Å². The lowest BCUT2D eigenvalue weighted by Gasteiger charge is -2.45. The number of Topliss-reactive ketones (excluding diaryl/α,β-unsaturated/α-hetero) is 1. The van der Waals surface area contributed by atoms with Crippen molar-refractivity contribution in [2.75, 3.05) is 0 Å². The fraction of sp³-hybridized carbons (Fsp3) is 0.368. The van der Waals surface area contributed by atoms with Gasteiger partial charge in [0, 0.05) is 17.4 Å². The van der Waals surface area contributed by atoms with Gasteiger partial charge < -0.3 is 5.11 Å². The second kappa shape index (κ2) is 5.65. The summed E-state index contributed by atoms with van der Waals surface area (Å²) in [5.74, 6) is 0.0160. The molecule has 0 saturated carbocycles. The number of rotatable bonds is 3. The van der Waals surface area contributed by atoms with E-state index >= 15 is 0 Å². The molecule has 22 heavy (non-hydrogen) atoms. The van der Waals surface area contributed by atoms with Gasteiger partial charge in [0.25, 0.3) is 0 Å². The van der Waals surface area contributed by atoms with E-state index in [4.69, 9.17) is 0 Å². The van der Waals surface area contributed by atoms with E-state index in [1.54, 1.807) is 30.4 Å². The van der Waals surface area contributed by atoms with Crippen LogP contribution < -0.4 is 0 Å². The van der Waals surface area contributed by atoms with Crippen LogP contribution in [0.25, 0.3) is 0 Å². The second-order valence-electron chi connectivity index (χ2n) is 6.63. The van der Waals surface area contributed by atoms with Crippen molar-refractivity contribution in [2.45, 2.75) is 39.7 Å². The summed E-state index contributed by atoms with van der Waals surface area (Å²) in [5, 5.41) is 11.3. The molecule has 1 aromatic carbocycles. The van der Waals surface area contributed by atoms with Crippen LogP contribution in [0.2, 0.25) is 0 Å². The molecule has 1 unspecified atom stereocenters. The number of ketones is 2. The number of allylic oxidation sites excluding steroid dienone is 3. The molecule has 0 spiro atoms. The van der Waals surface area contributed by atoms with Crippen molar-refractivity contribution in [3.63, 3.8) is 0 Å². The molecular formula is C19H22O3. The zero-order valence-electron chi connectivity index (χ0n) is 13.5. The van der Waals surface area contributed by atoms with Gasteiger partial charge in [-0.25, -0.2) is 0 Å². The molecule has 2 rings (SSSR count). The van der Waals surface area contributed by atoms with Crippen LogP contribution in [0.15, 0.2) is 48.1 Å². The molecule has 1 atom stereocenters. The summed E-state index contributed by atoms with van der Waals surface area (Å²) in [6, 6.07) is 7.18. The normalized spacial score (nSPS) is 24.4. The summed E-state index contributed by atoms with van der Waals surface area (Å²) in [7, 11) is 0. The molecule has 3 nitrogen and oxygen atoms in total. The summed E-state index contributed by atoms with van der Waals surface area (Å²) in [6.07, 6.45) is 5.25. The van der Waals surface area contributed by atoms with Crippen molar-refractivity contribution < 1.29 is 14.7 Å². The Balaban J connectivity index is 2.55. The first-order valence-corrected chi connectivity index (χ1v) is 7.40. The topological polar surface area (TPSA) is 54.4 Å². The summed E-state index contributed by atoms with van der Waals surface area (Å²) >= 11 is 0. The number of hydrogen-bond acceptors (Lipinski definition) is 3. The number of fused-ring (bicyclic) bond motifs is 1. The first kappa shape index (κ1) is 16.4. The Kier molecular flexibility index (Phi) is 4.21. The van der Waals surface area contributed by atoms with Crippen LogP contribution in [0.5, 0.6) is 0 Å². The van der Waals surface area contributed by atoms with Gasteiger partial charge in [0.1, 0.15) is 5.60 Å². The highest BCUT2D eigenvalue weighted by Gasteiger charge is 2.49. The Morgan fingerprint density at radius 3 is 2.50 bits per heavy atom. The van der Waals surface area contributed by atoms with Crippen LogP contribution >= 0.6 is 0 Å². The van der Waals surface area contributed by atoms with E-state index in [-0.39, 0.29) is 18.0 Å². The lowest BCUT2D eigenvalue weighted by atomic mass is 9.62. The summed E-state index contributed by atoms with van der Waals surface area (Å²) in [6.45, 7) is 7.07. The molecule has 0 saturated heterocycles. The number of benzene rings is 1. The van der Waals surface area contributed by atoms with Gasteiger partial charge in [-0.1, -0.05) is 44.2 Å². The number of carbonyl (C=O) groups excluding carboxylic acids is 2. The molecule has 0 aliphatic heterocycles. The maximum absolute atomic E-state index is 12.3. The van der Waals surface area contributed by atoms with Crippen LogP contribution in [0.3, 0.4) is 0 Å². The number of hydrogen-bond donors (Lipinski definition) is 1. The summed E-state index contributed by atoms with van der Waals surface area (Å²) in [5.41, 5.74) is 0.103. The highest BCUT2D eigenvalue weighted by Crippen LogP contribution is 2.49. The van der Waals surface area contributed by atoms with Crippen LogP contribution in [-0.4, -0.2) is 16.7 Å². The van der Waals surface area contributed by atoms with Crippen molar-refractivity contribution >= 4 is 11.6 Å². The third-order valence-electron chi connectivity index (χ3n) is 4.29. The first-order valence-electron chi connectivity index (χ1n) is 7.40. The van der Waals surface area contributed by atoms with E-state index in [0.29, 0.717) is 11.1 Å². The van der Waals surface area contributed by atoms with Crippen molar-refractivity contribution in [3.05, 3.63) is 59.2 Å². The summed E-state index contributed by atoms with van der Waals surface area (Å²) in [4.78, 5) is 23.4. The molecule has 1 aliphatic rings. The maximum atomic E-state index is 12.3. The Hall–Kier alpha value is -2.00. The van der Waals surface area contributed by atoms with E-state index in [1.165, 1.54) is 13.0 Å². The molecule has 1 aromatic rings. The Morgan fingerprint density at radius 1 is 1.23 bits per heavy atom. The zero-order valence-corrected chi connectivity index (χ0v) is 13.5. The van der Waals surface area contributed by atoms with E-state index in [1.807, 2.05) is 26.8 Å². The second-order valence-corrected chi connectivity index (χ2v) is 6.63. The first-order chi connectivity index (χ1) is 10.2. The molecule has 1 aliphatic carbocycles. The molecule has 0 bridgehead atoms. The largest absolute Gasteiger partial charge is 0.380 e. The van der Waals surface area contributed by atoms with E-state index in [9.17, 15) is 14.7 Å². The van der Waals surface area contributed by atoms with Crippen LogP contribution in [-0.2, 0) is 10.4 Å². The Morgan fingerprint density at radius 2 is 1.86 bits per heavy atom. The van der Waals surface area contributed by atoms with E-state index in [2.05, 4.69) is 0 Å². The predicted molar refractivity (Wildman–Crippen MR) is 86.6 cm³/mol. The minimum absolute atomic E-state index is 0.0346. The highest BCUT2D eigenvalue weighted by molar-refractivity contribution is 5.99. The third-order valence-corrected chi connectivity index (χ3v) is 4.29. The minimum Gasteiger partial charge on any atom is -0.380 e. The fourth-order valence-corrected chi connectivity index (χ4v) is 2.99. The van der Waals surface area contributed by atoms with Crippen molar-refractivity contribution in [2.24, 2.45) is 5.41 Å². The smallest absolute Gasteiger partial charge is 0.163 e. The van der Waals surface area contributed by atoms with Crippen molar-refractivity contribution in [3.8, 4) is 0 Å². The van der Waals surface area contributed by atoms with Gasteiger partial charge in [-0.05, 0) is 37.1 Å². The molecule has 0 amide bonds. The average Bonchev–Trinajstić information content (AvgIpc) is 2.42. The third kappa shape index (κ3) is 2.81. The molecule has 0 radical (unpaired) electrons. The van der Waals surface area contributed by atoms with Crippen molar-refractivity contribution in [1.29, 1.82) is 0 Å². The van der Waals surface area contributed by atoms with Crippen LogP contribution in [0, 0.1) is 5.41 Å². The molecule has 0 aromatic heterocycles. The minimum atomic E-state index is -1.25. The van der Waals surface area contributed by atoms with Gasteiger partial charge in [0.2, 0.25) is 0 Å². The molecule has 116 valence electrons. The Bertz CT molecular complexity index is 680. The van der Waals surface area contributed by atoms with Gasteiger partial charge in [0.15, 0.2) is 11.6 Å². The van der Waals surface area contributed by atoms with Crippen LogP contribution in [0.1, 0.15) is 50.0 Å². The summed E-state index contributed by atoms with van der Waals surface area (Å²) < 4.78 is 0. The SMILES string of the molecule is CC(=O)C=C(C)/C=C/C1(O)c2ccccc2C(=O)CC1(C)C. The molecule has 3 heteroatoms. The number of aliphatic hydroxyl groups is 1. The fourth-order valence-electron chi connectivity index (χ4n) is 2.99. The predicted octanol–water partition coefficient (Wildman–Crippen LogP) is 3.58.